The summed E-state index contributed by atoms with van der Waals surface area (Å²) in [7, 11) is 1.74. The molecule has 2 aliphatic heterocycles. The van der Waals surface area contributed by atoms with Gasteiger partial charge in [0.25, 0.3) is 0 Å². The Morgan fingerprint density at radius 3 is 2.74 bits per heavy atom. The van der Waals surface area contributed by atoms with E-state index in [1.54, 1.807) is 7.11 Å². The summed E-state index contributed by atoms with van der Waals surface area (Å²) in [6.45, 7) is 4.06. The van der Waals surface area contributed by atoms with Crippen LogP contribution in [-0.4, -0.2) is 33.4 Å². The highest BCUT2D eigenvalue weighted by Crippen LogP contribution is 2.37. The highest BCUT2D eigenvalue weighted by Gasteiger charge is 2.22. The zero-order valence-corrected chi connectivity index (χ0v) is 11.4. The Balaban J connectivity index is 1.94. The third-order valence-corrected chi connectivity index (χ3v) is 3.84. The van der Waals surface area contributed by atoms with Crippen molar-refractivity contribution in [2.24, 2.45) is 0 Å². The van der Waals surface area contributed by atoms with E-state index in [-0.39, 0.29) is 0 Å². The second-order valence-corrected chi connectivity index (χ2v) is 5.17. The van der Waals surface area contributed by atoms with Crippen LogP contribution in [0.15, 0.2) is 12.1 Å². The van der Waals surface area contributed by atoms with E-state index in [2.05, 4.69) is 17.4 Å². The quantitative estimate of drug-likeness (QED) is 0.906. The van der Waals surface area contributed by atoms with E-state index in [4.69, 9.17) is 14.2 Å². The summed E-state index contributed by atoms with van der Waals surface area (Å²) in [5, 5.41) is 3.47. The maximum atomic E-state index is 5.70. The first-order valence-corrected chi connectivity index (χ1v) is 7.00. The van der Waals surface area contributed by atoms with Crippen molar-refractivity contribution in [1.82, 2.24) is 5.32 Å². The molecule has 0 radical (unpaired) electrons. The molecule has 1 saturated heterocycles. The van der Waals surface area contributed by atoms with Crippen molar-refractivity contribution < 1.29 is 14.2 Å². The maximum absolute atomic E-state index is 5.70. The van der Waals surface area contributed by atoms with Gasteiger partial charge in [0.05, 0.1) is 6.61 Å². The van der Waals surface area contributed by atoms with Crippen molar-refractivity contribution in [3.8, 4) is 11.5 Å². The third kappa shape index (κ3) is 2.69. The van der Waals surface area contributed by atoms with Gasteiger partial charge in [-0.1, -0.05) is 0 Å². The number of hydrogen-bond acceptors (Lipinski definition) is 4. The Bertz CT molecular complexity index is 441. The predicted octanol–water partition coefficient (Wildman–Crippen LogP) is 2.07. The van der Waals surface area contributed by atoms with E-state index in [1.807, 2.05) is 0 Å². The van der Waals surface area contributed by atoms with Crippen molar-refractivity contribution in [3.63, 3.8) is 0 Å². The van der Waals surface area contributed by atoms with Gasteiger partial charge in [0.15, 0.2) is 11.5 Å². The molecule has 0 saturated carbocycles. The van der Waals surface area contributed by atoms with Gasteiger partial charge in [-0.25, -0.2) is 0 Å². The molecule has 1 aromatic carbocycles. The maximum Gasteiger partial charge on any atom is 0.161 e. The van der Waals surface area contributed by atoms with Crippen LogP contribution in [0.1, 0.15) is 29.9 Å². The zero-order chi connectivity index (χ0) is 13.1. The average molecular weight is 263 g/mol. The summed E-state index contributed by atoms with van der Waals surface area (Å²) in [6, 6.07) is 4.24. The van der Waals surface area contributed by atoms with Crippen LogP contribution in [0.2, 0.25) is 0 Å². The molecule has 0 amide bonds. The Morgan fingerprint density at radius 2 is 2.05 bits per heavy atom. The van der Waals surface area contributed by atoms with Crippen LogP contribution in [0, 0.1) is 0 Å². The van der Waals surface area contributed by atoms with Gasteiger partial charge < -0.3 is 19.5 Å². The fourth-order valence-electron chi connectivity index (χ4n) is 2.92. The number of nitrogens with one attached hydrogen (secondary N) is 1. The minimum atomic E-state index is 0.551. The smallest absolute Gasteiger partial charge is 0.161 e. The van der Waals surface area contributed by atoms with Crippen LogP contribution in [0.3, 0.4) is 0 Å². The SMILES string of the molecule is COCc1cc2c(cc1C1CCCNC1)OCCO2. The number of fused-ring (bicyclic) bond motifs is 1. The molecule has 0 spiro atoms. The van der Waals surface area contributed by atoms with Gasteiger partial charge in [0.2, 0.25) is 0 Å². The van der Waals surface area contributed by atoms with Gasteiger partial charge in [-0.05, 0) is 48.6 Å². The van der Waals surface area contributed by atoms with Crippen molar-refractivity contribution in [3.05, 3.63) is 23.3 Å². The molecule has 0 aromatic heterocycles. The minimum absolute atomic E-state index is 0.551. The van der Waals surface area contributed by atoms with Gasteiger partial charge in [0.1, 0.15) is 13.2 Å². The Hall–Kier alpha value is -1.26. The van der Waals surface area contributed by atoms with Gasteiger partial charge in [-0.3, -0.25) is 0 Å². The van der Waals surface area contributed by atoms with Crippen molar-refractivity contribution in [2.45, 2.75) is 25.4 Å². The number of rotatable bonds is 3. The number of piperidine rings is 1. The summed E-state index contributed by atoms with van der Waals surface area (Å²) in [5.74, 6) is 2.28. The molecule has 19 heavy (non-hydrogen) atoms. The number of hydrogen-bond donors (Lipinski definition) is 1. The highest BCUT2D eigenvalue weighted by molar-refractivity contribution is 5.49. The van der Waals surface area contributed by atoms with Crippen LogP contribution in [-0.2, 0) is 11.3 Å². The van der Waals surface area contributed by atoms with Crippen LogP contribution >= 0.6 is 0 Å². The van der Waals surface area contributed by atoms with E-state index in [1.165, 1.54) is 24.0 Å². The van der Waals surface area contributed by atoms with E-state index in [0.29, 0.717) is 25.7 Å². The summed E-state index contributed by atoms with van der Waals surface area (Å²) in [6.07, 6.45) is 2.45. The van der Waals surface area contributed by atoms with Gasteiger partial charge in [0, 0.05) is 13.7 Å². The van der Waals surface area contributed by atoms with Crippen LogP contribution < -0.4 is 14.8 Å². The van der Waals surface area contributed by atoms with E-state index >= 15 is 0 Å². The first kappa shape index (κ1) is 12.8. The molecule has 2 heterocycles. The molecule has 1 unspecified atom stereocenters. The molecular formula is C15H21NO3. The Labute approximate surface area is 114 Å². The standard InChI is InChI=1S/C15H21NO3/c1-17-10-12-7-14-15(19-6-5-18-14)8-13(12)11-3-2-4-16-9-11/h7-8,11,16H,2-6,9-10H2,1H3. The molecular weight excluding hydrogens is 242 g/mol. The minimum Gasteiger partial charge on any atom is -0.486 e. The lowest BCUT2D eigenvalue weighted by atomic mass is 9.88. The first-order chi connectivity index (χ1) is 9.38. The molecule has 1 N–H and O–H groups in total. The number of ether oxygens (including phenoxy) is 3. The van der Waals surface area contributed by atoms with E-state index in [0.717, 1.165) is 24.6 Å². The summed E-state index contributed by atoms with van der Waals surface area (Å²) in [5.41, 5.74) is 2.57. The van der Waals surface area contributed by atoms with Crippen LogP contribution in [0.4, 0.5) is 0 Å². The molecule has 0 aliphatic carbocycles. The molecule has 3 rings (SSSR count). The van der Waals surface area contributed by atoms with Gasteiger partial charge >= 0.3 is 0 Å². The zero-order valence-electron chi connectivity index (χ0n) is 11.4. The molecule has 1 aromatic rings. The molecule has 104 valence electrons. The molecule has 4 heteroatoms. The first-order valence-electron chi connectivity index (χ1n) is 7.00. The van der Waals surface area contributed by atoms with Crippen molar-refractivity contribution in [2.75, 3.05) is 33.4 Å². The monoisotopic (exact) mass is 263 g/mol. The Kier molecular flexibility index (Phi) is 3.89. The van der Waals surface area contributed by atoms with E-state index < -0.39 is 0 Å². The van der Waals surface area contributed by atoms with Crippen molar-refractivity contribution in [1.29, 1.82) is 0 Å². The van der Waals surface area contributed by atoms with Gasteiger partial charge in [-0.15, -0.1) is 0 Å². The highest BCUT2D eigenvalue weighted by atomic mass is 16.6. The molecule has 0 bridgehead atoms. The summed E-state index contributed by atoms with van der Waals surface area (Å²) in [4.78, 5) is 0. The lowest BCUT2D eigenvalue weighted by molar-refractivity contribution is 0.166. The van der Waals surface area contributed by atoms with Crippen LogP contribution in [0.25, 0.3) is 0 Å². The number of benzene rings is 1. The summed E-state index contributed by atoms with van der Waals surface area (Å²) >= 11 is 0. The van der Waals surface area contributed by atoms with Crippen LogP contribution in [0.5, 0.6) is 11.5 Å². The molecule has 1 atom stereocenters. The second kappa shape index (κ2) is 5.80. The lowest BCUT2D eigenvalue weighted by Crippen LogP contribution is -2.29. The average Bonchev–Trinajstić information content (AvgIpc) is 2.48. The fraction of sp³-hybridized carbons (Fsp3) is 0.600. The molecule has 2 aliphatic rings. The second-order valence-electron chi connectivity index (χ2n) is 5.17. The fourth-order valence-corrected chi connectivity index (χ4v) is 2.92. The number of methoxy groups -OCH3 is 1. The summed E-state index contributed by atoms with van der Waals surface area (Å²) < 4.78 is 16.7. The third-order valence-electron chi connectivity index (χ3n) is 3.84. The van der Waals surface area contributed by atoms with E-state index in [9.17, 15) is 0 Å². The molecule has 1 fully saturated rings. The topological polar surface area (TPSA) is 39.7 Å². The van der Waals surface area contributed by atoms with Crippen molar-refractivity contribution >= 4 is 0 Å². The Morgan fingerprint density at radius 1 is 1.26 bits per heavy atom. The normalized spacial score (nSPS) is 22.3. The predicted molar refractivity (Wildman–Crippen MR) is 73.0 cm³/mol. The largest absolute Gasteiger partial charge is 0.486 e. The lowest BCUT2D eigenvalue weighted by Gasteiger charge is -2.27. The van der Waals surface area contributed by atoms with Gasteiger partial charge in [-0.2, -0.15) is 0 Å². The molecule has 4 nitrogen and oxygen atoms in total.